The average Bonchev–Trinajstić information content (AvgIpc) is 2.56. The molecular weight excluding hydrogens is 347 g/mol. The van der Waals surface area contributed by atoms with E-state index >= 15 is 0 Å². The minimum Gasteiger partial charge on any atom is -0.481 e. The molecule has 0 saturated carbocycles. The first-order chi connectivity index (χ1) is 11.9. The maximum atomic E-state index is 14.9. The van der Waals surface area contributed by atoms with Gasteiger partial charge in [-0.05, 0) is 42.9 Å². The van der Waals surface area contributed by atoms with Crippen LogP contribution in [0.3, 0.4) is 0 Å². The monoisotopic (exact) mass is 365 g/mol. The largest absolute Gasteiger partial charge is 0.481 e. The van der Waals surface area contributed by atoms with Crippen LogP contribution in [-0.4, -0.2) is 24.6 Å². The fourth-order valence-electron chi connectivity index (χ4n) is 3.71. The fourth-order valence-corrected chi connectivity index (χ4v) is 3.89. The molecule has 2 aliphatic heterocycles. The summed E-state index contributed by atoms with van der Waals surface area (Å²) in [5, 5.41) is 3.10. The minimum absolute atomic E-state index is 0.277. The molecule has 0 amide bonds. The van der Waals surface area contributed by atoms with Crippen LogP contribution in [0.5, 0.6) is 5.75 Å². The van der Waals surface area contributed by atoms with E-state index < -0.39 is 17.3 Å². The first kappa shape index (κ1) is 16.8. The molecule has 2 aromatic rings. The lowest BCUT2D eigenvalue weighted by Gasteiger charge is -2.46. The predicted octanol–water partition coefficient (Wildman–Crippen LogP) is 4.47. The van der Waals surface area contributed by atoms with E-state index in [0.29, 0.717) is 40.4 Å². The molecule has 4 rings (SSSR count). The van der Waals surface area contributed by atoms with Crippen LogP contribution in [0.4, 0.5) is 13.2 Å². The van der Waals surface area contributed by atoms with Gasteiger partial charge in [0.2, 0.25) is 0 Å². The second-order valence-electron chi connectivity index (χ2n) is 6.71. The molecule has 0 atom stereocenters. The van der Waals surface area contributed by atoms with Crippen LogP contribution in [0.2, 0.25) is 0 Å². The normalized spacial score (nSPS) is 20.8. The SMILES string of the molecule is Fc1cc(S)ccc1-c1ccc2c(c1)CC(F)(F)C1(CCNCC1)O2. The van der Waals surface area contributed by atoms with Gasteiger partial charge in [-0.15, -0.1) is 12.6 Å². The van der Waals surface area contributed by atoms with Crippen LogP contribution in [0.25, 0.3) is 11.1 Å². The van der Waals surface area contributed by atoms with Crippen molar-refractivity contribution in [2.75, 3.05) is 13.1 Å². The van der Waals surface area contributed by atoms with Crippen molar-refractivity contribution in [2.45, 2.75) is 35.7 Å². The smallest absolute Gasteiger partial charge is 0.291 e. The van der Waals surface area contributed by atoms with Crippen molar-refractivity contribution in [1.82, 2.24) is 5.32 Å². The van der Waals surface area contributed by atoms with Crippen molar-refractivity contribution in [3.63, 3.8) is 0 Å². The number of rotatable bonds is 1. The van der Waals surface area contributed by atoms with Gasteiger partial charge in [-0.1, -0.05) is 12.1 Å². The Labute approximate surface area is 149 Å². The lowest BCUT2D eigenvalue weighted by Crippen LogP contribution is -2.60. The Morgan fingerprint density at radius 3 is 2.52 bits per heavy atom. The average molecular weight is 365 g/mol. The Morgan fingerprint density at radius 1 is 1.04 bits per heavy atom. The molecule has 2 aromatic carbocycles. The molecule has 0 aliphatic carbocycles. The highest BCUT2D eigenvalue weighted by molar-refractivity contribution is 7.80. The zero-order chi connectivity index (χ0) is 17.7. The van der Waals surface area contributed by atoms with Gasteiger partial charge >= 0.3 is 0 Å². The van der Waals surface area contributed by atoms with Crippen LogP contribution in [-0.2, 0) is 6.42 Å². The lowest BCUT2D eigenvalue weighted by molar-refractivity contribution is -0.187. The summed E-state index contributed by atoms with van der Waals surface area (Å²) < 4.78 is 49.7. The van der Waals surface area contributed by atoms with Gasteiger partial charge in [0, 0.05) is 35.3 Å². The van der Waals surface area contributed by atoms with Gasteiger partial charge in [0.05, 0.1) is 0 Å². The highest BCUT2D eigenvalue weighted by Gasteiger charge is 2.58. The highest BCUT2D eigenvalue weighted by Crippen LogP contribution is 2.48. The van der Waals surface area contributed by atoms with E-state index in [1.165, 1.54) is 6.07 Å². The minimum atomic E-state index is -2.95. The van der Waals surface area contributed by atoms with E-state index in [9.17, 15) is 13.2 Å². The van der Waals surface area contributed by atoms with Crippen molar-refractivity contribution in [3.05, 3.63) is 47.8 Å². The molecule has 1 fully saturated rings. The molecule has 0 aromatic heterocycles. The number of piperidine rings is 1. The number of halogens is 3. The number of hydrogen-bond acceptors (Lipinski definition) is 3. The lowest BCUT2D eigenvalue weighted by atomic mass is 9.80. The van der Waals surface area contributed by atoms with E-state index in [1.807, 2.05) is 0 Å². The zero-order valence-corrected chi connectivity index (χ0v) is 14.4. The number of alkyl halides is 2. The maximum absolute atomic E-state index is 14.9. The van der Waals surface area contributed by atoms with E-state index in [4.69, 9.17) is 4.74 Å². The molecule has 1 saturated heterocycles. The first-order valence-corrected chi connectivity index (χ1v) is 8.74. The summed E-state index contributed by atoms with van der Waals surface area (Å²) in [6, 6.07) is 9.60. The number of fused-ring (bicyclic) bond motifs is 1. The maximum Gasteiger partial charge on any atom is 0.291 e. The highest BCUT2D eigenvalue weighted by atomic mass is 32.1. The third kappa shape index (κ3) is 2.81. The Balaban J connectivity index is 1.73. The topological polar surface area (TPSA) is 21.3 Å². The van der Waals surface area contributed by atoms with Crippen LogP contribution >= 0.6 is 12.6 Å². The Kier molecular flexibility index (Phi) is 4.00. The number of nitrogens with one attached hydrogen (secondary N) is 1. The predicted molar refractivity (Wildman–Crippen MR) is 93.2 cm³/mol. The summed E-state index contributed by atoms with van der Waals surface area (Å²) in [6.07, 6.45) is 0.168. The molecule has 0 unspecified atom stereocenters. The van der Waals surface area contributed by atoms with Crippen molar-refractivity contribution < 1.29 is 17.9 Å². The quantitative estimate of drug-likeness (QED) is 0.728. The molecule has 6 heteroatoms. The first-order valence-electron chi connectivity index (χ1n) is 8.30. The van der Waals surface area contributed by atoms with Crippen molar-refractivity contribution in [3.8, 4) is 16.9 Å². The van der Waals surface area contributed by atoms with E-state index in [1.54, 1.807) is 30.3 Å². The van der Waals surface area contributed by atoms with E-state index in [-0.39, 0.29) is 19.3 Å². The number of ether oxygens (including phenoxy) is 1. The summed E-state index contributed by atoms with van der Waals surface area (Å²) >= 11 is 4.11. The van der Waals surface area contributed by atoms with Crippen LogP contribution in [0.15, 0.2) is 41.3 Å². The van der Waals surface area contributed by atoms with Crippen LogP contribution in [0.1, 0.15) is 18.4 Å². The third-order valence-electron chi connectivity index (χ3n) is 5.12. The molecular formula is C19H18F3NOS. The van der Waals surface area contributed by atoms with Crippen molar-refractivity contribution >= 4 is 12.6 Å². The van der Waals surface area contributed by atoms with Crippen molar-refractivity contribution in [2.24, 2.45) is 0 Å². The summed E-state index contributed by atoms with van der Waals surface area (Å²) in [4.78, 5) is 0.516. The Morgan fingerprint density at radius 2 is 1.80 bits per heavy atom. The molecule has 2 heterocycles. The molecule has 25 heavy (non-hydrogen) atoms. The number of benzene rings is 2. The van der Waals surface area contributed by atoms with Crippen molar-refractivity contribution in [1.29, 1.82) is 0 Å². The summed E-state index contributed by atoms with van der Waals surface area (Å²) in [5.41, 5.74) is -0.0941. The summed E-state index contributed by atoms with van der Waals surface area (Å²) in [7, 11) is 0. The van der Waals surface area contributed by atoms with Crippen LogP contribution in [0, 0.1) is 5.82 Å². The summed E-state index contributed by atoms with van der Waals surface area (Å²) in [6.45, 7) is 1.04. The van der Waals surface area contributed by atoms with E-state index in [2.05, 4.69) is 17.9 Å². The van der Waals surface area contributed by atoms with Crippen LogP contribution < -0.4 is 10.1 Å². The second-order valence-corrected chi connectivity index (χ2v) is 7.23. The van der Waals surface area contributed by atoms with Gasteiger partial charge in [0.15, 0.2) is 5.60 Å². The zero-order valence-electron chi connectivity index (χ0n) is 13.5. The second kappa shape index (κ2) is 5.95. The van der Waals surface area contributed by atoms with Gasteiger partial charge in [0.1, 0.15) is 11.6 Å². The molecule has 0 radical (unpaired) electrons. The van der Waals surface area contributed by atoms with Gasteiger partial charge < -0.3 is 10.1 Å². The third-order valence-corrected chi connectivity index (χ3v) is 5.40. The van der Waals surface area contributed by atoms with Gasteiger partial charge in [0.25, 0.3) is 5.92 Å². The van der Waals surface area contributed by atoms with E-state index in [0.717, 1.165) is 0 Å². The van der Waals surface area contributed by atoms with Gasteiger partial charge in [-0.2, -0.15) is 0 Å². The van der Waals surface area contributed by atoms with Gasteiger partial charge in [-0.3, -0.25) is 0 Å². The molecule has 2 nitrogen and oxygen atoms in total. The standard InChI is InChI=1S/C19H18F3NOS/c20-16-10-14(25)2-3-15(16)12-1-4-17-13(9-12)11-19(21,22)18(24-17)5-7-23-8-6-18/h1-4,9-10,23,25H,5-8,11H2. The fraction of sp³-hybridized carbons (Fsp3) is 0.368. The number of hydrogen-bond donors (Lipinski definition) is 2. The number of thiol groups is 1. The van der Waals surface area contributed by atoms with Gasteiger partial charge in [-0.25, -0.2) is 13.2 Å². The molecule has 1 N–H and O–H groups in total. The molecule has 2 aliphatic rings. The summed E-state index contributed by atoms with van der Waals surface area (Å²) in [5.74, 6) is -2.90. The Bertz CT molecular complexity index is 818. The Hall–Kier alpha value is -1.66. The molecule has 1 spiro atoms. The molecule has 132 valence electrons. The molecule has 0 bridgehead atoms.